The highest BCUT2D eigenvalue weighted by Crippen LogP contribution is 2.54. The Hall–Kier alpha value is -4.05. The van der Waals surface area contributed by atoms with Gasteiger partial charge in [0.25, 0.3) is 0 Å². The Morgan fingerprint density at radius 1 is 0.794 bits per heavy atom. The van der Waals surface area contributed by atoms with Gasteiger partial charge in [-0.15, -0.1) is 0 Å². The number of ether oxygens (including phenoxy) is 1. The highest BCUT2D eigenvalue weighted by molar-refractivity contribution is 6.04. The van der Waals surface area contributed by atoms with E-state index in [1.165, 1.54) is 22.2 Å². The summed E-state index contributed by atoms with van der Waals surface area (Å²) in [5.41, 5.74) is 4.62. The second-order valence-corrected chi connectivity index (χ2v) is 9.79. The fourth-order valence-corrected chi connectivity index (χ4v) is 5.90. The molecule has 1 atom stereocenters. The molecule has 3 heterocycles. The van der Waals surface area contributed by atoms with Crippen molar-refractivity contribution in [1.82, 2.24) is 4.57 Å². The predicted octanol–water partition coefficient (Wildman–Crippen LogP) is 7.00. The van der Waals surface area contributed by atoms with Gasteiger partial charge in [-0.2, -0.15) is 0 Å². The number of hydrogen-bond acceptors (Lipinski definition) is 3. The van der Waals surface area contributed by atoms with Crippen molar-refractivity contribution in [3.05, 3.63) is 96.7 Å². The van der Waals surface area contributed by atoms with Gasteiger partial charge in [-0.05, 0) is 43.0 Å². The van der Waals surface area contributed by atoms with Crippen molar-refractivity contribution < 1.29 is 4.74 Å². The average molecular weight is 444 g/mol. The van der Waals surface area contributed by atoms with E-state index >= 15 is 0 Å². The molecule has 0 bridgehead atoms. The first kappa shape index (κ1) is 19.4. The van der Waals surface area contributed by atoms with Gasteiger partial charge in [-0.25, -0.2) is 0 Å². The number of hydrogen-bond donors (Lipinski definition) is 0. The van der Waals surface area contributed by atoms with Crippen LogP contribution in [-0.2, 0) is 5.41 Å². The summed E-state index contributed by atoms with van der Waals surface area (Å²) in [6, 6.07) is 29.8. The van der Waals surface area contributed by atoms with Crippen LogP contribution in [0, 0.1) is 0 Å². The first-order valence-corrected chi connectivity index (χ1v) is 11.7. The third-order valence-corrected chi connectivity index (χ3v) is 7.79. The van der Waals surface area contributed by atoms with Gasteiger partial charge in [-0.3, -0.25) is 4.99 Å². The quantitative estimate of drug-likeness (QED) is 0.279. The van der Waals surface area contributed by atoms with Crippen LogP contribution in [0.5, 0.6) is 5.75 Å². The van der Waals surface area contributed by atoms with Gasteiger partial charge >= 0.3 is 0 Å². The Morgan fingerprint density at radius 2 is 1.53 bits per heavy atom. The Balaban J connectivity index is 1.48. The molecular formula is C30H25N3O. The van der Waals surface area contributed by atoms with Crippen LogP contribution in [0.3, 0.4) is 0 Å². The van der Waals surface area contributed by atoms with Crippen molar-refractivity contribution in [2.75, 3.05) is 11.9 Å². The number of nitrogens with zero attached hydrogens (tertiary/aromatic N) is 3. The van der Waals surface area contributed by atoms with Crippen LogP contribution in [0.4, 0.5) is 11.4 Å². The molecule has 1 spiro atoms. The van der Waals surface area contributed by atoms with Gasteiger partial charge < -0.3 is 14.2 Å². The fraction of sp³-hybridized carbons (Fsp3) is 0.167. The molecule has 1 unspecified atom stereocenters. The lowest BCUT2D eigenvalue weighted by Gasteiger charge is -2.45. The molecule has 0 amide bonds. The molecule has 2 aliphatic heterocycles. The van der Waals surface area contributed by atoms with Crippen LogP contribution in [-0.4, -0.2) is 23.6 Å². The monoisotopic (exact) mass is 443 g/mol. The van der Waals surface area contributed by atoms with E-state index in [0.717, 1.165) is 27.9 Å². The Kier molecular flexibility index (Phi) is 3.72. The van der Waals surface area contributed by atoms with E-state index in [2.05, 4.69) is 121 Å². The summed E-state index contributed by atoms with van der Waals surface area (Å²) < 4.78 is 9.27. The first-order valence-electron chi connectivity index (χ1n) is 11.7. The lowest BCUT2D eigenvalue weighted by Crippen LogP contribution is -2.61. The number of rotatable bonds is 1. The van der Waals surface area contributed by atoms with Gasteiger partial charge in [0.05, 0.1) is 22.8 Å². The van der Waals surface area contributed by atoms with Crippen LogP contribution in [0.25, 0.3) is 27.4 Å². The van der Waals surface area contributed by atoms with Crippen molar-refractivity contribution in [3.8, 4) is 11.4 Å². The van der Waals surface area contributed by atoms with Gasteiger partial charge in [0.1, 0.15) is 5.69 Å². The molecule has 1 aromatic heterocycles. The van der Waals surface area contributed by atoms with Gasteiger partial charge in [0, 0.05) is 35.8 Å². The Morgan fingerprint density at radius 3 is 2.38 bits per heavy atom. The molecule has 4 nitrogen and oxygen atoms in total. The maximum atomic E-state index is 7.01. The fourth-order valence-electron chi connectivity index (χ4n) is 5.90. The van der Waals surface area contributed by atoms with Crippen molar-refractivity contribution in [2.45, 2.75) is 25.0 Å². The predicted molar refractivity (Wildman–Crippen MR) is 140 cm³/mol. The minimum Gasteiger partial charge on any atom is -0.459 e. The molecule has 0 radical (unpaired) electrons. The smallest absolute Gasteiger partial charge is 0.228 e. The zero-order chi connectivity index (χ0) is 23.1. The molecule has 4 aromatic carbocycles. The standard InChI is InChI=1S/C30H25N3O/c1-29(2)23-13-7-9-15-25(23)32(3)30(29)19-31-28-22-12-6-5-11-21(22)26(18-27(28)34-30)33-17-16-20-10-4-8-14-24(20)33/h4-19H,1-3H3. The molecule has 34 heavy (non-hydrogen) atoms. The SMILES string of the molecule is CN1c2ccccc2C(C)(C)C12C=Nc1c(cc(-n3ccc4ccccc43)c3ccccc13)O2. The largest absolute Gasteiger partial charge is 0.459 e. The second-order valence-electron chi connectivity index (χ2n) is 9.79. The van der Waals surface area contributed by atoms with Crippen molar-refractivity contribution in [2.24, 2.45) is 4.99 Å². The summed E-state index contributed by atoms with van der Waals surface area (Å²) in [7, 11) is 2.10. The lowest BCUT2D eigenvalue weighted by molar-refractivity contribution is 0.0826. The highest BCUT2D eigenvalue weighted by atomic mass is 16.5. The molecule has 4 heteroatoms. The van der Waals surface area contributed by atoms with E-state index in [9.17, 15) is 0 Å². The maximum absolute atomic E-state index is 7.01. The summed E-state index contributed by atoms with van der Waals surface area (Å²) in [4.78, 5) is 7.30. The van der Waals surface area contributed by atoms with Crippen molar-refractivity contribution in [3.63, 3.8) is 0 Å². The Bertz CT molecular complexity index is 1640. The summed E-state index contributed by atoms with van der Waals surface area (Å²) >= 11 is 0. The number of aromatic nitrogens is 1. The topological polar surface area (TPSA) is 29.8 Å². The van der Waals surface area contributed by atoms with Crippen LogP contribution >= 0.6 is 0 Å². The molecule has 166 valence electrons. The third kappa shape index (κ3) is 2.30. The number of benzene rings is 4. The molecule has 0 N–H and O–H groups in total. The molecule has 7 rings (SSSR count). The number of aliphatic imine (C=N–C) groups is 1. The number of anilines is 1. The summed E-state index contributed by atoms with van der Waals surface area (Å²) in [5.74, 6) is 0.807. The zero-order valence-corrected chi connectivity index (χ0v) is 19.5. The maximum Gasteiger partial charge on any atom is 0.228 e. The van der Waals surface area contributed by atoms with Gasteiger partial charge in [0.15, 0.2) is 5.75 Å². The molecule has 0 fully saturated rings. The summed E-state index contributed by atoms with van der Waals surface area (Å²) in [5, 5.41) is 3.46. The molecular weight excluding hydrogens is 418 g/mol. The minimum absolute atomic E-state index is 0.286. The third-order valence-electron chi connectivity index (χ3n) is 7.79. The summed E-state index contributed by atoms with van der Waals surface area (Å²) in [6.07, 6.45) is 4.15. The minimum atomic E-state index is -0.706. The van der Waals surface area contributed by atoms with E-state index in [1.807, 2.05) is 6.21 Å². The van der Waals surface area contributed by atoms with Gasteiger partial charge in [-0.1, -0.05) is 60.7 Å². The summed E-state index contributed by atoms with van der Waals surface area (Å²) in [6.45, 7) is 4.49. The zero-order valence-electron chi connectivity index (χ0n) is 19.5. The van der Waals surface area contributed by atoms with E-state index < -0.39 is 5.72 Å². The number of fused-ring (bicyclic) bond motifs is 5. The molecule has 0 saturated heterocycles. The number of likely N-dealkylation sites (N-methyl/N-ethyl adjacent to an activating group) is 1. The van der Waals surface area contributed by atoms with Crippen molar-refractivity contribution >= 4 is 39.3 Å². The molecule has 0 aliphatic carbocycles. The molecule has 0 saturated carbocycles. The second kappa shape index (κ2) is 6.51. The first-order chi connectivity index (χ1) is 16.5. The molecule has 5 aromatic rings. The van der Waals surface area contributed by atoms with E-state index in [-0.39, 0.29) is 5.41 Å². The van der Waals surface area contributed by atoms with E-state index in [0.29, 0.717) is 0 Å². The Labute approximate surface area is 198 Å². The van der Waals surface area contributed by atoms with Crippen LogP contribution in [0.1, 0.15) is 19.4 Å². The van der Waals surface area contributed by atoms with Crippen LogP contribution < -0.4 is 9.64 Å². The number of para-hydroxylation sites is 2. The molecule has 2 aliphatic rings. The van der Waals surface area contributed by atoms with E-state index in [4.69, 9.17) is 9.73 Å². The highest BCUT2D eigenvalue weighted by Gasteiger charge is 2.58. The van der Waals surface area contributed by atoms with Crippen molar-refractivity contribution in [1.29, 1.82) is 0 Å². The van der Waals surface area contributed by atoms with Crippen LogP contribution in [0.2, 0.25) is 0 Å². The van der Waals surface area contributed by atoms with Gasteiger partial charge in [0.2, 0.25) is 5.72 Å². The van der Waals surface area contributed by atoms with E-state index in [1.54, 1.807) is 0 Å². The normalized spacial score (nSPS) is 20.0. The average Bonchev–Trinajstić information content (AvgIpc) is 3.36. The lowest BCUT2D eigenvalue weighted by atomic mass is 9.77. The van der Waals surface area contributed by atoms with Crippen LogP contribution in [0.15, 0.2) is 96.1 Å².